The van der Waals surface area contributed by atoms with Gasteiger partial charge in [-0.25, -0.2) is 9.59 Å². The molecular formula is C12H20N2O4. The average Bonchev–Trinajstić information content (AvgIpc) is 2.67. The second kappa shape index (κ2) is 5.56. The average molecular weight is 256 g/mol. The van der Waals surface area contributed by atoms with Crippen LogP contribution in [0.15, 0.2) is 0 Å². The van der Waals surface area contributed by atoms with Gasteiger partial charge in [-0.05, 0) is 19.3 Å². The Morgan fingerprint density at radius 1 is 1.39 bits per heavy atom. The molecule has 6 nitrogen and oxygen atoms in total. The summed E-state index contributed by atoms with van der Waals surface area (Å²) in [7, 11) is 0. The van der Waals surface area contributed by atoms with Crippen LogP contribution >= 0.6 is 0 Å². The monoisotopic (exact) mass is 256 g/mol. The molecule has 2 amide bonds. The lowest BCUT2D eigenvalue weighted by atomic mass is 10.2. The molecule has 102 valence electrons. The van der Waals surface area contributed by atoms with Crippen LogP contribution in [-0.4, -0.2) is 53.3 Å². The van der Waals surface area contributed by atoms with Crippen molar-refractivity contribution in [3.8, 4) is 0 Å². The van der Waals surface area contributed by atoms with Gasteiger partial charge in [0.2, 0.25) is 0 Å². The standard InChI is InChI=1S/C12H20N2O4/c1-2-3-10(11(15)16)13-12(17)14-6-8-4-5-9(7-14)18-8/h8-10H,2-7H2,1H3,(H,13,17)(H,15,16). The summed E-state index contributed by atoms with van der Waals surface area (Å²) in [4.78, 5) is 24.7. The minimum atomic E-state index is -0.971. The van der Waals surface area contributed by atoms with Crippen molar-refractivity contribution in [2.24, 2.45) is 0 Å². The number of fused-ring (bicyclic) bond motifs is 2. The summed E-state index contributed by atoms with van der Waals surface area (Å²) in [6.45, 7) is 3.04. The van der Waals surface area contributed by atoms with Gasteiger partial charge in [-0.2, -0.15) is 0 Å². The number of carbonyl (C=O) groups is 2. The van der Waals surface area contributed by atoms with E-state index in [0.29, 0.717) is 19.5 Å². The molecule has 18 heavy (non-hydrogen) atoms. The fourth-order valence-electron chi connectivity index (χ4n) is 2.57. The molecule has 0 spiro atoms. The Morgan fingerprint density at radius 3 is 2.50 bits per heavy atom. The van der Waals surface area contributed by atoms with Crippen molar-refractivity contribution < 1.29 is 19.4 Å². The number of rotatable bonds is 4. The number of ether oxygens (including phenoxy) is 1. The SMILES string of the molecule is CCCC(NC(=O)N1CC2CCC(C1)O2)C(=O)O. The molecule has 0 aromatic heterocycles. The van der Waals surface area contributed by atoms with Crippen LogP contribution in [0.2, 0.25) is 0 Å². The van der Waals surface area contributed by atoms with Crippen LogP contribution in [0, 0.1) is 0 Å². The van der Waals surface area contributed by atoms with Crippen molar-refractivity contribution >= 4 is 12.0 Å². The molecule has 3 unspecified atom stereocenters. The van der Waals surface area contributed by atoms with Gasteiger partial charge in [-0.1, -0.05) is 13.3 Å². The van der Waals surface area contributed by atoms with Gasteiger partial charge in [0.05, 0.1) is 12.2 Å². The smallest absolute Gasteiger partial charge is 0.326 e. The van der Waals surface area contributed by atoms with Gasteiger partial charge in [-0.15, -0.1) is 0 Å². The van der Waals surface area contributed by atoms with Gasteiger partial charge in [-0.3, -0.25) is 0 Å². The minimum Gasteiger partial charge on any atom is -0.480 e. The van der Waals surface area contributed by atoms with E-state index in [-0.39, 0.29) is 18.2 Å². The molecular weight excluding hydrogens is 236 g/mol. The lowest BCUT2D eigenvalue weighted by molar-refractivity contribution is -0.139. The first-order valence-corrected chi connectivity index (χ1v) is 6.54. The van der Waals surface area contributed by atoms with Gasteiger partial charge >= 0.3 is 12.0 Å². The first-order chi connectivity index (χ1) is 8.60. The maximum atomic E-state index is 12.0. The lowest BCUT2D eigenvalue weighted by Crippen LogP contribution is -2.53. The Kier molecular flexibility index (Phi) is 4.06. The number of carboxylic acid groups (broad SMARTS) is 1. The topological polar surface area (TPSA) is 78.9 Å². The second-order valence-electron chi connectivity index (χ2n) is 4.99. The van der Waals surface area contributed by atoms with Crippen molar-refractivity contribution in [1.82, 2.24) is 10.2 Å². The van der Waals surface area contributed by atoms with Gasteiger partial charge in [0.1, 0.15) is 6.04 Å². The van der Waals surface area contributed by atoms with Crippen LogP contribution in [-0.2, 0) is 9.53 Å². The maximum Gasteiger partial charge on any atom is 0.326 e. The van der Waals surface area contributed by atoms with E-state index >= 15 is 0 Å². The Labute approximate surface area is 106 Å². The molecule has 2 rings (SSSR count). The van der Waals surface area contributed by atoms with Crippen molar-refractivity contribution in [2.75, 3.05) is 13.1 Å². The molecule has 3 atom stereocenters. The highest BCUT2D eigenvalue weighted by Crippen LogP contribution is 2.26. The van der Waals surface area contributed by atoms with Crippen molar-refractivity contribution in [3.05, 3.63) is 0 Å². The quantitative estimate of drug-likeness (QED) is 0.780. The molecule has 2 aliphatic rings. The summed E-state index contributed by atoms with van der Waals surface area (Å²) in [6.07, 6.45) is 3.43. The number of hydrogen-bond donors (Lipinski definition) is 2. The Balaban J connectivity index is 1.88. The van der Waals surface area contributed by atoms with E-state index < -0.39 is 12.0 Å². The number of aliphatic carboxylic acids is 1. The summed E-state index contributed by atoms with van der Waals surface area (Å²) < 4.78 is 5.64. The number of carbonyl (C=O) groups excluding carboxylic acids is 1. The zero-order valence-electron chi connectivity index (χ0n) is 10.6. The predicted molar refractivity (Wildman–Crippen MR) is 64.3 cm³/mol. The molecule has 6 heteroatoms. The summed E-state index contributed by atoms with van der Waals surface area (Å²) in [6, 6.07) is -1.07. The van der Waals surface area contributed by atoms with E-state index in [1.54, 1.807) is 4.90 Å². The molecule has 2 fully saturated rings. The maximum absolute atomic E-state index is 12.0. The zero-order chi connectivity index (χ0) is 13.1. The van der Waals surface area contributed by atoms with E-state index in [1.807, 2.05) is 6.92 Å². The summed E-state index contributed by atoms with van der Waals surface area (Å²) in [5, 5.41) is 11.6. The Morgan fingerprint density at radius 2 is 2.00 bits per heavy atom. The number of urea groups is 1. The van der Waals surface area contributed by atoms with Gasteiger partial charge in [0, 0.05) is 13.1 Å². The van der Waals surface area contributed by atoms with Gasteiger partial charge in [0.25, 0.3) is 0 Å². The fraction of sp³-hybridized carbons (Fsp3) is 0.833. The molecule has 2 heterocycles. The van der Waals surface area contributed by atoms with Crippen molar-refractivity contribution in [3.63, 3.8) is 0 Å². The molecule has 0 aliphatic carbocycles. The second-order valence-corrected chi connectivity index (χ2v) is 4.99. The van der Waals surface area contributed by atoms with E-state index in [1.165, 1.54) is 0 Å². The van der Waals surface area contributed by atoms with E-state index in [4.69, 9.17) is 9.84 Å². The van der Waals surface area contributed by atoms with Crippen LogP contribution < -0.4 is 5.32 Å². The lowest BCUT2D eigenvalue weighted by Gasteiger charge is -2.32. The highest BCUT2D eigenvalue weighted by Gasteiger charge is 2.36. The van der Waals surface area contributed by atoms with Crippen LogP contribution in [0.25, 0.3) is 0 Å². The fourth-order valence-corrected chi connectivity index (χ4v) is 2.57. The molecule has 2 aliphatic heterocycles. The zero-order valence-corrected chi connectivity index (χ0v) is 10.6. The molecule has 0 aromatic rings. The third-order valence-electron chi connectivity index (χ3n) is 3.50. The molecule has 2 bridgehead atoms. The number of hydrogen-bond acceptors (Lipinski definition) is 3. The molecule has 0 aromatic carbocycles. The Bertz CT molecular complexity index is 322. The summed E-state index contributed by atoms with van der Waals surface area (Å²) in [5.74, 6) is -0.971. The highest BCUT2D eigenvalue weighted by atomic mass is 16.5. The molecule has 2 saturated heterocycles. The Hall–Kier alpha value is -1.30. The van der Waals surface area contributed by atoms with Crippen LogP contribution in [0.5, 0.6) is 0 Å². The number of nitrogens with one attached hydrogen (secondary N) is 1. The van der Waals surface area contributed by atoms with Crippen molar-refractivity contribution in [2.45, 2.75) is 50.9 Å². The first-order valence-electron chi connectivity index (χ1n) is 6.54. The molecule has 2 N–H and O–H groups in total. The van der Waals surface area contributed by atoms with Crippen LogP contribution in [0.3, 0.4) is 0 Å². The van der Waals surface area contributed by atoms with Crippen LogP contribution in [0.4, 0.5) is 4.79 Å². The van der Waals surface area contributed by atoms with Crippen molar-refractivity contribution in [1.29, 1.82) is 0 Å². The number of nitrogens with zero attached hydrogens (tertiary/aromatic N) is 1. The van der Waals surface area contributed by atoms with E-state index in [9.17, 15) is 9.59 Å². The number of carboxylic acids is 1. The molecule has 0 radical (unpaired) electrons. The predicted octanol–water partition coefficient (Wildman–Crippen LogP) is 0.812. The number of morpholine rings is 1. The van der Waals surface area contributed by atoms with Crippen LogP contribution in [0.1, 0.15) is 32.6 Å². The normalized spacial score (nSPS) is 27.9. The number of likely N-dealkylation sites (tertiary alicyclic amines) is 1. The number of amides is 2. The highest BCUT2D eigenvalue weighted by molar-refractivity contribution is 5.82. The summed E-state index contributed by atoms with van der Waals surface area (Å²) >= 11 is 0. The van der Waals surface area contributed by atoms with E-state index in [0.717, 1.165) is 19.3 Å². The van der Waals surface area contributed by atoms with Gasteiger partial charge in [0.15, 0.2) is 0 Å². The third kappa shape index (κ3) is 2.93. The van der Waals surface area contributed by atoms with Gasteiger partial charge < -0.3 is 20.1 Å². The first kappa shape index (κ1) is 13.1. The summed E-state index contributed by atoms with van der Waals surface area (Å²) in [5.41, 5.74) is 0. The minimum absolute atomic E-state index is 0.129. The molecule has 0 saturated carbocycles. The van der Waals surface area contributed by atoms with E-state index in [2.05, 4.69) is 5.32 Å². The third-order valence-corrected chi connectivity index (χ3v) is 3.50. The largest absolute Gasteiger partial charge is 0.480 e.